The van der Waals surface area contributed by atoms with Crippen molar-refractivity contribution in [3.8, 4) is 0 Å². The number of alkyl halides is 3. The van der Waals surface area contributed by atoms with Crippen LogP contribution >= 0.6 is 0 Å². The third-order valence-corrected chi connectivity index (χ3v) is 4.56. The van der Waals surface area contributed by atoms with Gasteiger partial charge in [-0.05, 0) is 25.0 Å². The van der Waals surface area contributed by atoms with Crippen LogP contribution in [0.3, 0.4) is 0 Å². The zero-order chi connectivity index (χ0) is 19.0. The lowest BCUT2D eigenvalue weighted by Gasteiger charge is -2.30. The summed E-state index contributed by atoms with van der Waals surface area (Å²) in [6.07, 6.45) is -3.47. The Kier molecular flexibility index (Phi) is 4.29. The number of halogens is 3. The third kappa shape index (κ3) is 3.49. The fourth-order valence-corrected chi connectivity index (χ4v) is 3.22. The van der Waals surface area contributed by atoms with E-state index in [0.29, 0.717) is 30.6 Å². The normalized spacial score (nSPS) is 18.0. The molecule has 1 unspecified atom stereocenters. The Morgan fingerprint density at radius 3 is 2.74 bits per heavy atom. The van der Waals surface area contributed by atoms with Gasteiger partial charge in [-0.15, -0.1) is 10.2 Å². The van der Waals surface area contributed by atoms with Crippen molar-refractivity contribution in [3.05, 3.63) is 53.9 Å². The molecule has 3 aromatic rings. The number of benzene rings is 1. The van der Waals surface area contributed by atoms with Gasteiger partial charge in [0.05, 0.1) is 11.4 Å². The van der Waals surface area contributed by atoms with E-state index < -0.39 is 18.0 Å². The van der Waals surface area contributed by atoms with Crippen LogP contribution < -0.4 is 0 Å². The van der Waals surface area contributed by atoms with Crippen molar-refractivity contribution in [1.82, 2.24) is 20.1 Å². The van der Waals surface area contributed by atoms with Gasteiger partial charge in [0, 0.05) is 18.5 Å². The van der Waals surface area contributed by atoms with Gasteiger partial charge in [0.1, 0.15) is 5.69 Å². The van der Waals surface area contributed by atoms with Crippen molar-refractivity contribution in [1.29, 1.82) is 0 Å². The average Bonchev–Trinajstić information content (AvgIpc) is 3.18. The highest BCUT2D eigenvalue weighted by atomic mass is 19.4. The van der Waals surface area contributed by atoms with Crippen LogP contribution in [0, 0.1) is 0 Å². The molecule has 1 fully saturated rings. The number of carbonyl (C=O) groups excluding carboxylic acids is 1. The largest absolute Gasteiger partial charge is 0.470 e. The highest BCUT2D eigenvalue weighted by Crippen LogP contribution is 2.32. The number of nitrogens with zero attached hydrogens (tertiary/aromatic N) is 4. The van der Waals surface area contributed by atoms with E-state index in [1.54, 1.807) is 11.0 Å². The van der Waals surface area contributed by atoms with Gasteiger partial charge >= 0.3 is 12.1 Å². The number of rotatable bonds is 2. The average molecular weight is 376 g/mol. The monoisotopic (exact) mass is 376 g/mol. The third-order valence-electron chi connectivity index (χ3n) is 4.56. The van der Waals surface area contributed by atoms with Crippen LogP contribution in [0.5, 0.6) is 0 Å². The van der Waals surface area contributed by atoms with Crippen molar-refractivity contribution in [2.75, 3.05) is 13.1 Å². The van der Waals surface area contributed by atoms with E-state index in [1.165, 1.54) is 0 Å². The zero-order valence-corrected chi connectivity index (χ0v) is 14.1. The number of hydrogen-bond acceptors (Lipinski definition) is 5. The van der Waals surface area contributed by atoms with Crippen LogP contribution in [0.4, 0.5) is 13.2 Å². The Morgan fingerprint density at radius 1 is 1.15 bits per heavy atom. The molecule has 140 valence electrons. The number of hydrogen-bond donors (Lipinski definition) is 0. The molecular weight excluding hydrogens is 361 g/mol. The molecule has 1 atom stereocenters. The summed E-state index contributed by atoms with van der Waals surface area (Å²) in [5.74, 6) is -2.14. The number of carbonyl (C=O) groups is 1. The summed E-state index contributed by atoms with van der Waals surface area (Å²) in [5, 5.41) is 7.52. The summed E-state index contributed by atoms with van der Waals surface area (Å²) in [5.41, 5.74) is 1.01. The lowest BCUT2D eigenvalue weighted by atomic mass is 9.97. The van der Waals surface area contributed by atoms with Crippen LogP contribution in [0.25, 0.3) is 10.9 Å². The molecule has 1 aliphatic heterocycles. The fourth-order valence-electron chi connectivity index (χ4n) is 3.22. The van der Waals surface area contributed by atoms with Crippen molar-refractivity contribution < 1.29 is 22.4 Å². The molecule has 0 bridgehead atoms. The van der Waals surface area contributed by atoms with E-state index in [-0.39, 0.29) is 18.3 Å². The smallest absolute Gasteiger partial charge is 0.417 e. The van der Waals surface area contributed by atoms with Crippen LogP contribution in [0.2, 0.25) is 0 Å². The summed E-state index contributed by atoms with van der Waals surface area (Å²) in [7, 11) is 0. The molecule has 4 rings (SSSR count). The van der Waals surface area contributed by atoms with Crippen molar-refractivity contribution in [3.63, 3.8) is 0 Å². The number of amides is 1. The highest BCUT2D eigenvalue weighted by Gasteiger charge is 2.39. The molecule has 0 radical (unpaired) electrons. The van der Waals surface area contributed by atoms with Crippen LogP contribution in [-0.4, -0.2) is 39.1 Å². The van der Waals surface area contributed by atoms with Gasteiger partial charge in [0.15, 0.2) is 0 Å². The number of pyridine rings is 1. The van der Waals surface area contributed by atoms with Gasteiger partial charge in [0.2, 0.25) is 5.89 Å². The number of piperidine rings is 1. The molecule has 0 N–H and O–H groups in total. The van der Waals surface area contributed by atoms with Gasteiger partial charge in [-0.3, -0.25) is 4.79 Å². The molecule has 1 saturated heterocycles. The molecule has 2 aromatic heterocycles. The lowest BCUT2D eigenvalue weighted by Crippen LogP contribution is -2.39. The van der Waals surface area contributed by atoms with E-state index in [2.05, 4.69) is 15.2 Å². The summed E-state index contributed by atoms with van der Waals surface area (Å²) in [4.78, 5) is 18.8. The highest BCUT2D eigenvalue weighted by molar-refractivity contribution is 5.95. The SMILES string of the molecule is O=C(c1ccc2ccccc2n1)N1CCCC(c2nnc(C(F)(F)F)o2)C1. The first-order valence-electron chi connectivity index (χ1n) is 8.47. The molecule has 1 amide bonds. The van der Waals surface area contributed by atoms with E-state index >= 15 is 0 Å². The van der Waals surface area contributed by atoms with Gasteiger partial charge in [-0.2, -0.15) is 13.2 Å². The van der Waals surface area contributed by atoms with E-state index in [0.717, 1.165) is 5.39 Å². The lowest BCUT2D eigenvalue weighted by molar-refractivity contribution is -0.157. The second-order valence-corrected chi connectivity index (χ2v) is 6.42. The Bertz CT molecular complexity index is 986. The Labute approximate surface area is 152 Å². The minimum atomic E-state index is -4.68. The predicted octanol–water partition coefficient (Wildman–Crippen LogP) is 3.66. The zero-order valence-electron chi connectivity index (χ0n) is 14.1. The van der Waals surface area contributed by atoms with Gasteiger partial charge < -0.3 is 9.32 Å². The van der Waals surface area contributed by atoms with Crippen LogP contribution in [-0.2, 0) is 6.18 Å². The summed E-state index contributed by atoms with van der Waals surface area (Å²) in [6, 6.07) is 10.9. The maximum absolute atomic E-state index is 12.8. The van der Waals surface area contributed by atoms with Gasteiger partial charge in [0.25, 0.3) is 5.91 Å². The minimum absolute atomic E-state index is 0.0914. The van der Waals surface area contributed by atoms with Crippen LogP contribution in [0.15, 0.2) is 40.8 Å². The first-order valence-corrected chi connectivity index (χ1v) is 8.47. The van der Waals surface area contributed by atoms with E-state index in [4.69, 9.17) is 4.42 Å². The number of aromatic nitrogens is 3. The molecule has 27 heavy (non-hydrogen) atoms. The standard InChI is InChI=1S/C18H15F3N4O2/c19-18(20,21)17-24-23-15(27-17)12-5-3-9-25(10-12)16(26)14-8-7-11-4-1-2-6-13(11)22-14/h1-2,4,6-8,12H,3,5,9-10H2. The summed E-state index contributed by atoms with van der Waals surface area (Å²) in [6.45, 7) is 0.719. The number of likely N-dealkylation sites (tertiary alicyclic amines) is 1. The quantitative estimate of drug-likeness (QED) is 0.683. The molecule has 6 nitrogen and oxygen atoms in total. The van der Waals surface area contributed by atoms with E-state index in [1.807, 2.05) is 30.3 Å². The van der Waals surface area contributed by atoms with E-state index in [9.17, 15) is 18.0 Å². The Morgan fingerprint density at radius 2 is 1.96 bits per heavy atom. The minimum Gasteiger partial charge on any atom is -0.417 e. The Balaban J connectivity index is 1.53. The summed E-state index contributed by atoms with van der Waals surface area (Å²) >= 11 is 0. The maximum atomic E-state index is 12.8. The van der Waals surface area contributed by atoms with Gasteiger partial charge in [-0.1, -0.05) is 24.3 Å². The second kappa shape index (κ2) is 6.64. The molecular formula is C18H15F3N4O2. The summed E-state index contributed by atoms with van der Waals surface area (Å²) < 4.78 is 42.7. The van der Waals surface area contributed by atoms with Crippen molar-refractivity contribution in [2.45, 2.75) is 24.9 Å². The molecule has 0 aliphatic carbocycles. The first-order chi connectivity index (χ1) is 12.9. The fraction of sp³-hybridized carbons (Fsp3) is 0.333. The first kappa shape index (κ1) is 17.4. The maximum Gasteiger partial charge on any atom is 0.470 e. The van der Waals surface area contributed by atoms with Crippen molar-refractivity contribution in [2.24, 2.45) is 0 Å². The molecule has 0 saturated carbocycles. The molecule has 9 heteroatoms. The molecule has 1 aromatic carbocycles. The van der Waals surface area contributed by atoms with Gasteiger partial charge in [-0.25, -0.2) is 4.98 Å². The second-order valence-electron chi connectivity index (χ2n) is 6.42. The molecule has 1 aliphatic rings. The predicted molar refractivity (Wildman–Crippen MR) is 88.9 cm³/mol. The van der Waals surface area contributed by atoms with Crippen molar-refractivity contribution >= 4 is 16.8 Å². The molecule has 0 spiro atoms. The van der Waals surface area contributed by atoms with Crippen LogP contribution in [0.1, 0.15) is 41.0 Å². The number of fused-ring (bicyclic) bond motifs is 1. The Hall–Kier alpha value is -2.97. The molecule has 3 heterocycles. The topological polar surface area (TPSA) is 72.1 Å². The number of para-hydroxylation sites is 1.